The maximum atomic E-state index is 10.5. The molecule has 2 aliphatic heterocycles. The smallest absolute Gasteiger partial charge is 0.232 e. The van der Waals surface area contributed by atoms with Gasteiger partial charge in [0, 0.05) is 28.7 Å². The van der Waals surface area contributed by atoms with E-state index in [2.05, 4.69) is 77.4 Å². The number of aliphatic hydroxyl groups is 1. The largest absolute Gasteiger partial charge is 0.393 e. The van der Waals surface area contributed by atoms with Crippen LogP contribution in [-0.2, 0) is 0 Å². The van der Waals surface area contributed by atoms with Crippen LogP contribution in [0.4, 0.5) is 17.8 Å². The topological polar surface area (TPSA) is 77.4 Å². The summed E-state index contributed by atoms with van der Waals surface area (Å²) < 4.78 is 0. The zero-order valence-corrected chi connectivity index (χ0v) is 20.5. The predicted molar refractivity (Wildman–Crippen MR) is 124 cm³/mol. The van der Waals surface area contributed by atoms with E-state index < -0.39 is 0 Å². The minimum Gasteiger partial charge on any atom is -0.393 e. The van der Waals surface area contributed by atoms with Gasteiger partial charge in [-0.2, -0.15) is 15.0 Å². The maximum absolute atomic E-state index is 10.5. The van der Waals surface area contributed by atoms with E-state index in [4.69, 9.17) is 15.0 Å². The van der Waals surface area contributed by atoms with Crippen LogP contribution in [-0.4, -0.2) is 54.9 Å². The van der Waals surface area contributed by atoms with Crippen LogP contribution in [0.25, 0.3) is 0 Å². The van der Waals surface area contributed by atoms with E-state index in [0.717, 1.165) is 25.3 Å². The lowest BCUT2D eigenvalue weighted by molar-refractivity contribution is 0.0637. The van der Waals surface area contributed by atoms with E-state index in [0.29, 0.717) is 24.7 Å². The van der Waals surface area contributed by atoms with Crippen molar-refractivity contribution in [2.45, 2.75) is 123 Å². The minimum absolute atomic E-state index is 0.0347. The molecule has 0 amide bonds. The van der Waals surface area contributed by atoms with Gasteiger partial charge in [0.05, 0.1) is 6.10 Å². The summed E-state index contributed by atoms with van der Waals surface area (Å²) in [6, 6.07) is 0. The van der Waals surface area contributed by atoms with Crippen molar-refractivity contribution in [3.8, 4) is 0 Å². The fourth-order valence-corrected chi connectivity index (χ4v) is 6.10. The molecule has 3 heterocycles. The van der Waals surface area contributed by atoms with Crippen LogP contribution < -0.4 is 15.1 Å². The van der Waals surface area contributed by atoms with Crippen molar-refractivity contribution in [3.63, 3.8) is 0 Å². The molecule has 0 atom stereocenters. The van der Waals surface area contributed by atoms with Gasteiger partial charge in [-0.3, -0.25) is 0 Å². The number of nitrogens with zero attached hydrogens (tertiary/aromatic N) is 5. The Morgan fingerprint density at radius 1 is 0.800 bits per heavy atom. The van der Waals surface area contributed by atoms with Crippen LogP contribution in [0, 0.1) is 0 Å². The Hall–Kier alpha value is -1.63. The molecule has 2 aliphatic rings. The van der Waals surface area contributed by atoms with Crippen LogP contribution in [0.15, 0.2) is 0 Å². The van der Waals surface area contributed by atoms with E-state index in [9.17, 15) is 5.11 Å². The summed E-state index contributed by atoms with van der Waals surface area (Å²) in [4.78, 5) is 19.5. The first-order valence-electron chi connectivity index (χ1n) is 11.5. The van der Waals surface area contributed by atoms with Crippen molar-refractivity contribution in [3.05, 3.63) is 0 Å². The Morgan fingerprint density at radius 3 is 1.67 bits per heavy atom. The second-order valence-corrected chi connectivity index (χ2v) is 11.6. The van der Waals surface area contributed by atoms with Crippen LogP contribution in [0.2, 0.25) is 0 Å². The Morgan fingerprint density at radius 2 is 1.23 bits per heavy atom. The molecule has 7 heteroatoms. The van der Waals surface area contributed by atoms with Gasteiger partial charge in [-0.15, -0.1) is 0 Å². The second-order valence-electron chi connectivity index (χ2n) is 11.6. The van der Waals surface area contributed by atoms with Crippen molar-refractivity contribution in [2.24, 2.45) is 0 Å². The van der Waals surface area contributed by atoms with Gasteiger partial charge < -0.3 is 20.2 Å². The second kappa shape index (κ2) is 7.50. The van der Waals surface area contributed by atoms with Crippen LogP contribution >= 0.6 is 0 Å². The zero-order chi connectivity index (χ0) is 22.5. The highest BCUT2D eigenvalue weighted by molar-refractivity contribution is 5.51. The number of rotatable bonds is 4. The van der Waals surface area contributed by atoms with Crippen LogP contribution in [0.3, 0.4) is 0 Å². The van der Waals surface area contributed by atoms with E-state index in [1.807, 2.05) is 0 Å². The maximum Gasteiger partial charge on any atom is 0.232 e. The molecule has 170 valence electrons. The number of piperidine rings is 2. The number of hydrogen-bond acceptors (Lipinski definition) is 7. The Bertz CT molecular complexity index is 739. The number of anilines is 3. The van der Waals surface area contributed by atoms with Gasteiger partial charge in [-0.05, 0) is 94.4 Å². The SMILES string of the molecule is CCNc1nc(N2C(C)(C)CCCC2(C)C)nc(N2C(C)(C)CC(O)CC2(C)C)n1. The lowest BCUT2D eigenvalue weighted by Gasteiger charge is -2.55. The third kappa shape index (κ3) is 4.23. The Kier molecular flexibility index (Phi) is 5.76. The molecule has 0 saturated carbocycles. The fourth-order valence-electron chi connectivity index (χ4n) is 6.10. The molecule has 0 aliphatic carbocycles. The van der Waals surface area contributed by atoms with E-state index in [1.165, 1.54) is 6.42 Å². The highest BCUT2D eigenvalue weighted by atomic mass is 16.3. The number of aliphatic hydroxyl groups excluding tert-OH is 1. The van der Waals surface area contributed by atoms with Gasteiger partial charge >= 0.3 is 0 Å². The first kappa shape index (κ1) is 23.0. The van der Waals surface area contributed by atoms with Crippen molar-refractivity contribution in [1.29, 1.82) is 0 Å². The molecule has 7 nitrogen and oxygen atoms in total. The molecule has 0 spiro atoms. The summed E-state index contributed by atoms with van der Waals surface area (Å²) in [5, 5.41) is 13.8. The van der Waals surface area contributed by atoms with E-state index >= 15 is 0 Å². The zero-order valence-electron chi connectivity index (χ0n) is 20.5. The fraction of sp³-hybridized carbons (Fsp3) is 0.870. The van der Waals surface area contributed by atoms with Crippen LogP contribution in [0.5, 0.6) is 0 Å². The molecular weight excluding hydrogens is 376 g/mol. The summed E-state index contributed by atoms with van der Waals surface area (Å²) in [6.07, 6.45) is 4.49. The van der Waals surface area contributed by atoms with Crippen molar-refractivity contribution < 1.29 is 5.11 Å². The summed E-state index contributed by atoms with van der Waals surface area (Å²) in [6.45, 7) is 20.6. The molecule has 0 unspecified atom stereocenters. The summed E-state index contributed by atoms with van der Waals surface area (Å²) in [5.41, 5.74) is -0.605. The summed E-state index contributed by atoms with van der Waals surface area (Å²) >= 11 is 0. The molecule has 3 rings (SSSR count). The van der Waals surface area contributed by atoms with Gasteiger partial charge in [0.2, 0.25) is 17.8 Å². The highest BCUT2D eigenvalue weighted by Gasteiger charge is 2.48. The van der Waals surface area contributed by atoms with Gasteiger partial charge in [0.25, 0.3) is 0 Å². The van der Waals surface area contributed by atoms with E-state index in [-0.39, 0.29) is 28.3 Å². The normalized spacial score (nSPS) is 25.3. The minimum atomic E-state index is -0.319. The Balaban J connectivity index is 2.16. The first-order chi connectivity index (χ1) is 13.7. The molecule has 2 saturated heterocycles. The van der Waals surface area contributed by atoms with Gasteiger partial charge in [-0.1, -0.05) is 0 Å². The van der Waals surface area contributed by atoms with Crippen LogP contribution in [0.1, 0.15) is 94.4 Å². The van der Waals surface area contributed by atoms with Crippen molar-refractivity contribution >= 4 is 17.8 Å². The average Bonchev–Trinajstić information content (AvgIpc) is 2.50. The third-order valence-corrected chi connectivity index (χ3v) is 6.82. The molecule has 0 bridgehead atoms. The summed E-state index contributed by atoms with van der Waals surface area (Å²) in [5.74, 6) is 2.05. The molecule has 0 aromatic carbocycles. The molecule has 1 aromatic heterocycles. The molecule has 1 aromatic rings. The third-order valence-electron chi connectivity index (χ3n) is 6.82. The Labute approximate surface area is 182 Å². The van der Waals surface area contributed by atoms with Gasteiger partial charge in [0.1, 0.15) is 0 Å². The first-order valence-corrected chi connectivity index (χ1v) is 11.5. The number of hydrogen-bond donors (Lipinski definition) is 2. The predicted octanol–water partition coefficient (Wildman–Crippen LogP) is 4.37. The standard InChI is InChI=1S/C23H42N6O/c1-10-24-17-25-18(28-20(2,3)12-11-13-21(28,4)5)27-19(26-17)29-22(6,7)14-16(30)15-23(29,8)9/h16,30H,10-15H2,1-9H3,(H,24,25,26,27). The van der Waals surface area contributed by atoms with E-state index in [1.54, 1.807) is 0 Å². The van der Waals surface area contributed by atoms with Crippen molar-refractivity contribution in [2.75, 3.05) is 21.7 Å². The molecule has 2 N–H and O–H groups in total. The average molecular weight is 419 g/mol. The quantitative estimate of drug-likeness (QED) is 0.752. The number of nitrogens with one attached hydrogen (secondary N) is 1. The lowest BCUT2D eigenvalue weighted by atomic mass is 9.78. The number of aromatic nitrogens is 3. The monoisotopic (exact) mass is 418 g/mol. The summed E-state index contributed by atoms with van der Waals surface area (Å²) in [7, 11) is 0. The molecule has 2 fully saturated rings. The molecule has 0 radical (unpaired) electrons. The molecular formula is C23H42N6O. The van der Waals surface area contributed by atoms with Crippen molar-refractivity contribution in [1.82, 2.24) is 15.0 Å². The van der Waals surface area contributed by atoms with Gasteiger partial charge in [-0.25, -0.2) is 0 Å². The highest BCUT2D eigenvalue weighted by Crippen LogP contribution is 2.44. The van der Waals surface area contributed by atoms with Gasteiger partial charge in [0.15, 0.2) is 0 Å². The lowest BCUT2D eigenvalue weighted by Crippen LogP contribution is -2.63. The molecule has 30 heavy (non-hydrogen) atoms.